The molecule has 1 aliphatic rings. The van der Waals surface area contributed by atoms with E-state index in [1.807, 2.05) is 6.92 Å². The first-order valence-electron chi connectivity index (χ1n) is 10.1. The van der Waals surface area contributed by atoms with Crippen molar-refractivity contribution in [2.45, 2.75) is 38.9 Å². The second kappa shape index (κ2) is 9.94. The molecule has 0 unspecified atom stereocenters. The first-order chi connectivity index (χ1) is 14.1. The molecule has 2 aromatic carbocycles. The van der Waals surface area contributed by atoms with Crippen molar-refractivity contribution in [3.05, 3.63) is 59.2 Å². The summed E-state index contributed by atoms with van der Waals surface area (Å²) in [6.45, 7) is 6.91. The van der Waals surface area contributed by atoms with Crippen LogP contribution in [0.2, 0.25) is 0 Å². The van der Waals surface area contributed by atoms with Gasteiger partial charge in [0.1, 0.15) is 0 Å². The predicted octanol–water partition coefficient (Wildman–Crippen LogP) is 3.68. The topological polar surface area (TPSA) is 45.8 Å². The molecule has 0 aliphatic carbocycles. The van der Waals surface area contributed by atoms with Gasteiger partial charge in [0, 0.05) is 25.7 Å². The van der Waals surface area contributed by atoms with Gasteiger partial charge < -0.3 is 20.1 Å². The van der Waals surface area contributed by atoms with E-state index in [0.29, 0.717) is 5.11 Å². The van der Waals surface area contributed by atoms with Gasteiger partial charge in [0.05, 0.1) is 20.3 Å². The number of methoxy groups -OCH3 is 2. The van der Waals surface area contributed by atoms with Gasteiger partial charge >= 0.3 is 0 Å². The zero-order valence-electron chi connectivity index (χ0n) is 17.7. The van der Waals surface area contributed by atoms with Crippen molar-refractivity contribution in [2.75, 3.05) is 27.3 Å². The molecule has 5 nitrogen and oxygen atoms in total. The highest BCUT2D eigenvalue weighted by Gasteiger charge is 2.33. The largest absolute Gasteiger partial charge is 0.493 e. The first-order valence-corrected chi connectivity index (χ1v) is 10.5. The molecule has 3 rings (SSSR count). The molecule has 0 saturated carbocycles. The number of ether oxygens (including phenoxy) is 2. The third-order valence-electron chi connectivity index (χ3n) is 5.42. The Kier molecular flexibility index (Phi) is 7.34. The van der Waals surface area contributed by atoms with Crippen LogP contribution in [0.5, 0.6) is 11.5 Å². The summed E-state index contributed by atoms with van der Waals surface area (Å²) in [6.07, 6.45) is 0.976. The van der Waals surface area contributed by atoms with E-state index in [2.05, 4.69) is 64.9 Å². The van der Waals surface area contributed by atoms with E-state index in [1.165, 1.54) is 16.7 Å². The summed E-state index contributed by atoms with van der Waals surface area (Å²) in [5.74, 6) is 1.55. The van der Waals surface area contributed by atoms with Crippen LogP contribution in [0.4, 0.5) is 0 Å². The third-order valence-corrected chi connectivity index (χ3v) is 5.69. The van der Waals surface area contributed by atoms with Gasteiger partial charge in [0.15, 0.2) is 16.6 Å². The number of hydrogen-bond donors (Lipinski definition) is 2. The van der Waals surface area contributed by atoms with Crippen LogP contribution in [0.25, 0.3) is 0 Å². The minimum Gasteiger partial charge on any atom is -0.493 e. The number of nitrogens with one attached hydrogen (secondary N) is 2. The molecule has 1 heterocycles. The summed E-state index contributed by atoms with van der Waals surface area (Å²) in [5.41, 5.74) is 3.88. The molecule has 0 aromatic heterocycles. The second-order valence-electron chi connectivity index (χ2n) is 7.35. The molecule has 2 aromatic rings. The predicted molar refractivity (Wildman–Crippen MR) is 122 cm³/mol. The summed E-state index contributed by atoms with van der Waals surface area (Å²) in [4.78, 5) is 2.52. The highest BCUT2D eigenvalue weighted by atomic mass is 32.1. The number of thiocarbonyl (C=S) groups is 1. The third kappa shape index (κ3) is 5.00. The average Bonchev–Trinajstić information content (AvgIpc) is 2.73. The molecule has 0 fully saturated rings. The molecule has 0 amide bonds. The molecule has 0 saturated heterocycles. The molecular weight excluding hydrogens is 382 g/mol. The van der Waals surface area contributed by atoms with Gasteiger partial charge in [-0.25, -0.2) is 0 Å². The second-order valence-corrected chi connectivity index (χ2v) is 7.76. The number of benzene rings is 2. The van der Waals surface area contributed by atoms with Crippen LogP contribution in [0.1, 0.15) is 36.6 Å². The van der Waals surface area contributed by atoms with Gasteiger partial charge in [0.25, 0.3) is 0 Å². The SMILES string of the molecule is CCNC(=S)N[C@@H](C)[C@@H]1c2cc(OC)c(OC)cc2CCN1Cc1ccccc1. The monoisotopic (exact) mass is 413 g/mol. The summed E-state index contributed by atoms with van der Waals surface area (Å²) in [5, 5.41) is 7.37. The fourth-order valence-electron chi connectivity index (χ4n) is 4.11. The lowest BCUT2D eigenvalue weighted by atomic mass is 9.87. The van der Waals surface area contributed by atoms with Crippen LogP contribution < -0.4 is 20.1 Å². The summed E-state index contributed by atoms with van der Waals surface area (Å²) in [7, 11) is 3.37. The summed E-state index contributed by atoms with van der Waals surface area (Å²) < 4.78 is 11.1. The van der Waals surface area contributed by atoms with Crippen molar-refractivity contribution in [1.82, 2.24) is 15.5 Å². The quantitative estimate of drug-likeness (QED) is 0.676. The van der Waals surface area contributed by atoms with Crippen LogP contribution in [-0.4, -0.2) is 43.4 Å². The Bertz CT molecular complexity index is 828. The van der Waals surface area contributed by atoms with Crippen LogP contribution in [0.15, 0.2) is 42.5 Å². The van der Waals surface area contributed by atoms with Crippen molar-refractivity contribution >= 4 is 17.3 Å². The van der Waals surface area contributed by atoms with Crippen molar-refractivity contribution in [3.63, 3.8) is 0 Å². The van der Waals surface area contributed by atoms with Gasteiger partial charge in [-0.15, -0.1) is 0 Å². The van der Waals surface area contributed by atoms with Gasteiger partial charge in [-0.3, -0.25) is 4.90 Å². The minimum atomic E-state index is 0.127. The van der Waals surface area contributed by atoms with Crippen LogP contribution >= 0.6 is 12.2 Å². The Hall–Kier alpha value is -2.31. The molecule has 0 radical (unpaired) electrons. The zero-order valence-corrected chi connectivity index (χ0v) is 18.5. The van der Waals surface area contributed by atoms with E-state index in [1.54, 1.807) is 14.2 Å². The maximum atomic E-state index is 5.60. The Labute approximate surface area is 179 Å². The highest BCUT2D eigenvalue weighted by Crippen LogP contribution is 2.40. The van der Waals surface area contributed by atoms with E-state index in [-0.39, 0.29) is 12.1 Å². The lowest BCUT2D eigenvalue weighted by molar-refractivity contribution is 0.149. The Balaban J connectivity index is 1.96. The standard InChI is InChI=1S/C23H31N3O2S/c1-5-24-23(29)25-16(2)22-19-14-21(28-4)20(27-3)13-18(19)11-12-26(22)15-17-9-7-6-8-10-17/h6-10,13-14,16,22H,5,11-12,15H2,1-4H3,(H2,24,25,29)/t16-,22+/m0/s1. The highest BCUT2D eigenvalue weighted by molar-refractivity contribution is 7.80. The molecular formula is C23H31N3O2S. The van der Waals surface area contributed by atoms with E-state index < -0.39 is 0 Å². The fourth-order valence-corrected chi connectivity index (χ4v) is 4.44. The Morgan fingerprint density at radius 2 is 1.86 bits per heavy atom. The Morgan fingerprint density at radius 1 is 1.17 bits per heavy atom. The molecule has 156 valence electrons. The maximum absolute atomic E-state index is 5.60. The lowest BCUT2D eigenvalue weighted by Crippen LogP contribution is -2.49. The first kappa shape index (κ1) is 21.4. The number of nitrogens with zero attached hydrogens (tertiary/aromatic N) is 1. The zero-order chi connectivity index (χ0) is 20.8. The van der Waals surface area contributed by atoms with Crippen molar-refractivity contribution < 1.29 is 9.47 Å². The molecule has 0 spiro atoms. The van der Waals surface area contributed by atoms with E-state index >= 15 is 0 Å². The van der Waals surface area contributed by atoms with E-state index in [0.717, 1.165) is 37.6 Å². The van der Waals surface area contributed by atoms with E-state index in [9.17, 15) is 0 Å². The lowest BCUT2D eigenvalue weighted by Gasteiger charge is -2.41. The molecule has 0 bridgehead atoms. The smallest absolute Gasteiger partial charge is 0.166 e. The number of fused-ring (bicyclic) bond motifs is 1. The maximum Gasteiger partial charge on any atom is 0.166 e. The van der Waals surface area contributed by atoms with E-state index in [4.69, 9.17) is 21.7 Å². The molecule has 6 heteroatoms. The number of hydrogen-bond acceptors (Lipinski definition) is 4. The average molecular weight is 414 g/mol. The van der Waals surface area contributed by atoms with Gasteiger partial charge in [-0.2, -0.15) is 0 Å². The van der Waals surface area contributed by atoms with Crippen molar-refractivity contribution in [3.8, 4) is 11.5 Å². The van der Waals surface area contributed by atoms with Crippen molar-refractivity contribution in [2.24, 2.45) is 0 Å². The molecule has 1 aliphatic heterocycles. The fraction of sp³-hybridized carbons (Fsp3) is 0.435. The normalized spacial score (nSPS) is 17.2. The van der Waals surface area contributed by atoms with Crippen LogP contribution in [0.3, 0.4) is 0 Å². The molecule has 2 N–H and O–H groups in total. The Morgan fingerprint density at radius 3 is 2.52 bits per heavy atom. The summed E-state index contributed by atoms with van der Waals surface area (Å²) >= 11 is 5.47. The van der Waals surface area contributed by atoms with Crippen molar-refractivity contribution in [1.29, 1.82) is 0 Å². The molecule has 29 heavy (non-hydrogen) atoms. The summed E-state index contributed by atoms with van der Waals surface area (Å²) in [6, 6.07) is 15.2. The van der Waals surface area contributed by atoms with Crippen LogP contribution in [0, 0.1) is 0 Å². The molecule has 2 atom stereocenters. The number of rotatable bonds is 7. The van der Waals surface area contributed by atoms with Gasteiger partial charge in [0.2, 0.25) is 0 Å². The van der Waals surface area contributed by atoms with Gasteiger partial charge in [-0.1, -0.05) is 30.3 Å². The van der Waals surface area contributed by atoms with Crippen LogP contribution in [-0.2, 0) is 13.0 Å². The van der Waals surface area contributed by atoms with Gasteiger partial charge in [-0.05, 0) is 61.3 Å². The minimum absolute atomic E-state index is 0.127.